The number of hydrogen-bond acceptors (Lipinski definition) is 2. The molecular weight excluding hydrogens is 294 g/mol. The Kier molecular flexibility index (Phi) is 5.20. The first-order valence-corrected chi connectivity index (χ1v) is 6.83. The molecule has 1 amide bonds. The molecule has 0 bridgehead atoms. The molecule has 18 heavy (non-hydrogen) atoms. The highest BCUT2D eigenvalue weighted by molar-refractivity contribution is 9.10. The maximum atomic E-state index is 11.3. The van der Waals surface area contributed by atoms with Crippen molar-refractivity contribution in [2.24, 2.45) is 0 Å². The lowest BCUT2D eigenvalue weighted by Crippen LogP contribution is -2.28. The molecular formula is C14H20BrNO2. The SMILES string of the molecule is CCNC(=O)COc1ccc(C(C)(C)C)cc1Br. The van der Waals surface area contributed by atoms with Gasteiger partial charge in [-0.1, -0.05) is 26.8 Å². The van der Waals surface area contributed by atoms with E-state index in [0.717, 1.165) is 4.47 Å². The Balaban J connectivity index is 2.72. The number of carbonyl (C=O) groups is 1. The van der Waals surface area contributed by atoms with Gasteiger partial charge in [-0.15, -0.1) is 0 Å². The summed E-state index contributed by atoms with van der Waals surface area (Å²) in [5.74, 6) is 0.582. The van der Waals surface area contributed by atoms with Gasteiger partial charge in [-0.05, 0) is 46.0 Å². The quantitative estimate of drug-likeness (QED) is 0.926. The largest absolute Gasteiger partial charge is 0.483 e. The number of carbonyl (C=O) groups excluding carboxylic acids is 1. The molecule has 0 atom stereocenters. The van der Waals surface area contributed by atoms with E-state index < -0.39 is 0 Å². The van der Waals surface area contributed by atoms with Crippen LogP contribution in [0.2, 0.25) is 0 Å². The van der Waals surface area contributed by atoms with Gasteiger partial charge in [0.1, 0.15) is 5.75 Å². The van der Waals surface area contributed by atoms with Crippen LogP contribution in [0.5, 0.6) is 5.75 Å². The second-order valence-corrected chi connectivity index (χ2v) is 5.99. The Morgan fingerprint density at radius 2 is 2.06 bits per heavy atom. The molecule has 0 aromatic heterocycles. The third-order valence-electron chi connectivity index (χ3n) is 2.53. The standard InChI is InChI=1S/C14H20BrNO2/c1-5-16-13(17)9-18-12-7-6-10(8-11(12)15)14(2,3)4/h6-8H,5,9H2,1-4H3,(H,16,17). The van der Waals surface area contributed by atoms with E-state index in [2.05, 4.69) is 42.0 Å². The van der Waals surface area contributed by atoms with Gasteiger partial charge in [0, 0.05) is 6.54 Å². The van der Waals surface area contributed by atoms with Crippen LogP contribution in [-0.4, -0.2) is 19.1 Å². The lowest BCUT2D eigenvalue weighted by Gasteiger charge is -2.20. The molecule has 100 valence electrons. The average Bonchev–Trinajstić information content (AvgIpc) is 2.26. The second-order valence-electron chi connectivity index (χ2n) is 5.14. The van der Waals surface area contributed by atoms with E-state index in [1.54, 1.807) is 0 Å². The molecule has 0 unspecified atom stereocenters. The van der Waals surface area contributed by atoms with E-state index in [4.69, 9.17) is 4.74 Å². The number of halogens is 1. The molecule has 0 saturated carbocycles. The molecule has 1 aromatic rings. The van der Waals surface area contributed by atoms with Gasteiger partial charge in [-0.2, -0.15) is 0 Å². The first-order valence-electron chi connectivity index (χ1n) is 6.04. The summed E-state index contributed by atoms with van der Waals surface area (Å²) >= 11 is 3.47. The maximum Gasteiger partial charge on any atom is 0.257 e. The molecule has 0 fully saturated rings. The molecule has 0 aliphatic heterocycles. The van der Waals surface area contributed by atoms with Crippen molar-refractivity contribution in [3.05, 3.63) is 28.2 Å². The van der Waals surface area contributed by atoms with Crippen molar-refractivity contribution in [3.8, 4) is 5.75 Å². The van der Waals surface area contributed by atoms with Gasteiger partial charge in [0.15, 0.2) is 6.61 Å². The number of rotatable bonds is 4. The fraction of sp³-hybridized carbons (Fsp3) is 0.500. The molecule has 1 rings (SSSR count). The highest BCUT2D eigenvalue weighted by atomic mass is 79.9. The van der Waals surface area contributed by atoms with Crippen molar-refractivity contribution in [1.29, 1.82) is 0 Å². The molecule has 1 aromatic carbocycles. The van der Waals surface area contributed by atoms with Crippen LogP contribution in [0.25, 0.3) is 0 Å². The van der Waals surface area contributed by atoms with Crippen molar-refractivity contribution < 1.29 is 9.53 Å². The predicted molar refractivity (Wildman–Crippen MR) is 77.0 cm³/mol. The van der Waals surface area contributed by atoms with Gasteiger partial charge in [0.05, 0.1) is 4.47 Å². The zero-order valence-corrected chi connectivity index (χ0v) is 12.9. The van der Waals surface area contributed by atoms with Gasteiger partial charge >= 0.3 is 0 Å². The van der Waals surface area contributed by atoms with Gasteiger partial charge in [0.2, 0.25) is 0 Å². The summed E-state index contributed by atoms with van der Waals surface area (Å²) in [5, 5.41) is 2.69. The molecule has 3 nitrogen and oxygen atoms in total. The van der Waals surface area contributed by atoms with E-state index in [1.807, 2.05) is 25.1 Å². The number of nitrogens with one attached hydrogen (secondary N) is 1. The van der Waals surface area contributed by atoms with E-state index in [1.165, 1.54) is 5.56 Å². The maximum absolute atomic E-state index is 11.3. The van der Waals surface area contributed by atoms with Crippen LogP contribution in [0, 0.1) is 0 Å². The van der Waals surface area contributed by atoms with E-state index >= 15 is 0 Å². The average molecular weight is 314 g/mol. The van der Waals surface area contributed by atoms with Gasteiger partial charge in [-0.25, -0.2) is 0 Å². The molecule has 0 saturated heterocycles. The molecule has 0 aliphatic carbocycles. The lowest BCUT2D eigenvalue weighted by atomic mass is 9.87. The monoisotopic (exact) mass is 313 g/mol. The summed E-state index contributed by atoms with van der Waals surface area (Å²) in [6.07, 6.45) is 0. The van der Waals surface area contributed by atoms with Crippen molar-refractivity contribution >= 4 is 21.8 Å². The predicted octanol–water partition coefficient (Wildman–Crippen LogP) is 3.26. The summed E-state index contributed by atoms with van der Waals surface area (Å²) in [4.78, 5) is 11.3. The fourth-order valence-electron chi connectivity index (χ4n) is 1.48. The molecule has 0 aliphatic rings. The lowest BCUT2D eigenvalue weighted by molar-refractivity contribution is -0.122. The normalized spacial score (nSPS) is 11.2. The Bertz CT molecular complexity index is 424. The van der Waals surface area contributed by atoms with E-state index in [0.29, 0.717) is 12.3 Å². The molecule has 0 spiro atoms. The number of likely N-dealkylation sites (N-methyl/N-ethyl adjacent to an activating group) is 1. The summed E-state index contributed by atoms with van der Waals surface area (Å²) < 4.78 is 6.33. The molecule has 4 heteroatoms. The third-order valence-corrected chi connectivity index (χ3v) is 3.15. The number of benzene rings is 1. The van der Waals surface area contributed by atoms with E-state index in [9.17, 15) is 4.79 Å². The van der Waals surface area contributed by atoms with Gasteiger partial charge < -0.3 is 10.1 Å². The van der Waals surface area contributed by atoms with Crippen molar-refractivity contribution in [3.63, 3.8) is 0 Å². The summed E-state index contributed by atoms with van der Waals surface area (Å²) in [6, 6.07) is 5.95. The Morgan fingerprint density at radius 1 is 1.39 bits per heavy atom. The second kappa shape index (κ2) is 6.23. The fourth-order valence-corrected chi connectivity index (χ4v) is 1.97. The zero-order valence-electron chi connectivity index (χ0n) is 11.3. The smallest absolute Gasteiger partial charge is 0.257 e. The van der Waals surface area contributed by atoms with Crippen LogP contribution in [0.15, 0.2) is 22.7 Å². The molecule has 0 heterocycles. The van der Waals surface area contributed by atoms with Crippen molar-refractivity contribution in [1.82, 2.24) is 5.32 Å². The van der Waals surface area contributed by atoms with Crippen LogP contribution < -0.4 is 10.1 Å². The van der Waals surface area contributed by atoms with Crippen LogP contribution >= 0.6 is 15.9 Å². The minimum absolute atomic E-state index is 0.0430. The Hall–Kier alpha value is -1.03. The summed E-state index contributed by atoms with van der Waals surface area (Å²) in [5.41, 5.74) is 1.32. The van der Waals surface area contributed by atoms with Crippen LogP contribution in [-0.2, 0) is 10.2 Å². The highest BCUT2D eigenvalue weighted by Crippen LogP contribution is 2.31. The minimum Gasteiger partial charge on any atom is -0.483 e. The number of ether oxygens (including phenoxy) is 1. The topological polar surface area (TPSA) is 38.3 Å². The van der Waals surface area contributed by atoms with Crippen molar-refractivity contribution in [2.75, 3.05) is 13.2 Å². The van der Waals surface area contributed by atoms with Gasteiger partial charge in [-0.3, -0.25) is 4.79 Å². The molecule has 0 radical (unpaired) electrons. The van der Waals surface area contributed by atoms with Gasteiger partial charge in [0.25, 0.3) is 5.91 Å². The molecule has 1 N–H and O–H groups in total. The number of hydrogen-bond donors (Lipinski definition) is 1. The summed E-state index contributed by atoms with van der Waals surface area (Å²) in [7, 11) is 0. The van der Waals surface area contributed by atoms with Crippen molar-refractivity contribution in [2.45, 2.75) is 33.1 Å². The van der Waals surface area contributed by atoms with E-state index in [-0.39, 0.29) is 17.9 Å². The first kappa shape index (κ1) is 15.0. The Labute approximate surface area is 117 Å². The van der Waals surface area contributed by atoms with Crippen LogP contribution in [0.1, 0.15) is 33.3 Å². The third kappa shape index (κ3) is 4.33. The summed E-state index contributed by atoms with van der Waals surface area (Å²) in [6.45, 7) is 9.01. The minimum atomic E-state index is -0.107. The Morgan fingerprint density at radius 3 is 2.56 bits per heavy atom. The zero-order chi connectivity index (χ0) is 13.8. The first-order chi connectivity index (χ1) is 8.34. The highest BCUT2D eigenvalue weighted by Gasteiger charge is 2.15. The van der Waals surface area contributed by atoms with Crippen LogP contribution in [0.3, 0.4) is 0 Å². The van der Waals surface area contributed by atoms with Crippen LogP contribution in [0.4, 0.5) is 0 Å². The number of amides is 1.